The molecule has 0 bridgehead atoms. The first-order valence-electron chi connectivity index (χ1n) is 7.77. The Morgan fingerprint density at radius 3 is 2.70 bits per heavy atom. The molecule has 2 heterocycles. The van der Waals surface area contributed by atoms with E-state index in [0.717, 1.165) is 5.56 Å². The lowest BCUT2D eigenvalue weighted by Gasteiger charge is -2.37. The van der Waals surface area contributed by atoms with E-state index in [2.05, 4.69) is 4.98 Å². The molecule has 0 aliphatic carbocycles. The number of ether oxygens (including phenoxy) is 1. The summed E-state index contributed by atoms with van der Waals surface area (Å²) in [4.78, 5) is 30.3. The summed E-state index contributed by atoms with van der Waals surface area (Å²) >= 11 is 0. The van der Waals surface area contributed by atoms with Gasteiger partial charge in [0.2, 0.25) is 0 Å². The molecule has 1 aromatic heterocycles. The van der Waals surface area contributed by atoms with Crippen LogP contribution in [-0.2, 0) is 14.3 Å². The lowest BCUT2D eigenvalue weighted by Crippen LogP contribution is -2.50. The zero-order chi connectivity index (χ0) is 17.2. The van der Waals surface area contributed by atoms with Crippen LogP contribution in [0.4, 0.5) is 0 Å². The van der Waals surface area contributed by atoms with Gasteiger partial charge in [-0.3, -0.25) is 19.5 Å². The van der Waals surface area contributed by atoms with Crippen molar-refractivity contribution in [1.29, 1.82) is 0 Å². The number of carboxylic acid groups (broad SMARTS) is 1. The number of rotatable bonds is 5. The molecule has 1 aliphatic rings. The number of aromatic nitrogens is 1. The van der Waals surface area contributed by atoms with Crippen LogP contribution in [0.25, 0.3) is 0 Å². The predicted molar refractivity (Wildman–Crippen MR) is 84.7 cm³/mol. The summed E-state index contributed by atoms with van der Waals surface area (Å²) in [7, 11) is 3.16. The fourth-order valence-electron chi connectivity index (χ4n) is 3.79. The molecule has 0 radical (unpaired) electrons. The van der Waals surface area contributed by atoms with Gasteiger partial charge in [-0.1, -0.05) is 19.9 Å². The minimum atomic E-state index is -0.924. The van der Waals surface area contributed by atoms with Gasteiger partial charge >= 0.3 is 11.9 Å². The van der Waals surface area contributed by atoms with Gasteiger partial charge in [-0.05, 0) is 37.4 Å². The minimum absolute atomic E-state index is 0.235. The second-order valence-corrected chi connectivity index (χ2v) is 6.61. The number of methoxy groups -OCH3 is 1. The zero-order valence-electron chi connectivity index (χ0n) is 14.0. The third kappa shape index (κ3) is 3.08. The van der Waals surface area contributed by atoms with Crippen molar-refractivity contribution in [2.75, 3.05) is 14.2 Å². The molecule has 0 amide bonds. The maximum Gasteiger partial charge on any atom is 0.326 e. The first kappa shape index (κ1) is 17.4. The molecule has 3 atom stereocenters. The molecule has 6 nitrogen and oxygen atoms in total. The third-order valence-corrected chi connectivity index (χ3v) is 4.69. The highest BCUT2D eigenvalue weighted by Gasteiger charge is 2.57. The van der Waals surface area contributed by atoms with E-state index in [1.54, 1.807) is 25.5 Å². The first-order valence-corrected chi connectivity index (χ1v) is 7.77. The van der Waals surface area contributed by atoms with E-state index in [1.165, 1.54) is 7.11 Å². The summed E-state index contributed by atoms with van der Waals surface area (Å²) in [5.41, 5.74) is -0.121. The van der Waals surface area contributed by atoms with Crippen LogP contribution in [0.15, 0.2) is 24.5 Å². The summed E-state index contributed by atoms with van der Waals surface area (Å²) in [6.45, 7) is 4.04. The Morgan fingerprint density at radius 1 is 1.52 bits per heavy atom. The number of hydrogen-bond donors (Lipinski definition) is 1. The van der Waals surface area contributed by atoms with E-state index < -0.39 is 23.5 Å². The van der Waals surface area contributed by atoms with Crippen molar-refractivity contribution < 1.29 is 19.4 Å². The van der Waals surface area contributed by atoms with Crippen molar-refractivity contribution in [2.45, 2.75) is 38.3 Å². The highest BCUT2D eigenvalue weighted by molar-refractivity contribution is 5.84. The summed E-state index contributed by atoms with van der Waals surface area (Å²) in [5.74, 6) is -1.72. The maximum atomic E-state index is 12.6. The first-order chi connectivity index (χ1) is 10.8. The van der Waals surface area contributed by atoms with Gasteiger partial charge in [-0.2, -0.15) is 0 Å². The number of carbonyl (C=O) groups excluding carboxylic acids is 1. The van der Waals surface area contributed by atoms with Crippen LogP contribution in [-0.4, -0.2) is 46.6 Å². The average molecular weight is 320 g/mol. The summed E-state index contributed by atoms with van der Waals surface area (Å²) in [5, 5.41) is 9.68. The van der Waals surface area contributed by atoms with Gasteiger partial charge in [0.05, 0.1) is 19.1 Å². The molecule has 2 rings (SSSR count). The fraction of sp³-hybridized carbons (Fsp3) is 0.588. The molecule has 126 valence electrons. The van der Waals surface area contributed by atoms with Crippen LogP contribution in [0, 0.1) is 11.8 Å². The fourth-order valence-corrected chi connectivity index (χ4v) is 3.79. The van der Waals surface area contributed by atoms with Crippen LogP contribution in [0.2, 0.25) is 0 Å². The molecule has 1 saturated heterocycles. The van der Waals surface area contributed by atoms with Crippen LogP contribution in [0.1, 0.15) is 38.3 Å². The van der Waals surface area contributed by atoms with E-state index >= 15 is 0 Å². The van der Waals surface area contributed by atoms with Crippen molar-refractivity contribution in [3.63, 3.8) is 0 Å². The second kappa shape index (κ2) is 6.66. The smallest absolute Gasteiger partial charge is 0.326 e. The normalized spacial score (nSPS) is 28.0. The van der Waals surface area contributed by atoms with E-state index in [1.807, 2.05) is 24.8 Å². The Balaban J connectivity index is 2.51. The molecule has 0 aromatic carbocycles. The minimum Gasteiger partial charge on any atom is -0.481 e. The van der Waals surface area contributed by atoms with Gasteiger partial charge in [0.15, 0.2) is 0 Å². The topological polar surface area (TPSA) is 79.7 Å². The number of aliphatic carboxylic acids is 1. The summed E-state index contributed by atoms with van der Waals surface area (Å²) in [6.07, 6.45) is 4.11. The average Bonchev–Trinajstić information content (AvgIpc) is 2.81. The largest absolute Gasteiger partial charge is 0.481 e. The van der Waals surface area contributed by atoms with Crippen LogP contribution in [0.5, 0.6) is 0 Å². The van der Waals surface area contributed by atoms with Crippen molar-refractivity contribution in [3.05, 3.63) is 30.1 Å². The van der Waals surface area contributed by atoms with Gasteiger partial charge in [-0.25, -0.2) is 0 Å². The molecule has 1 aliphatic heterocycles. The monoisotopic (exact) mass is 320 g/mol. The van der Waals surface area contributed by atoms with Gasteiger partial charge in [0.1, 0.15) is 5.54 Å². The van der Waals surface area contributed by atoms with Crippen molar-refractivity contribution in [2.24, 2.45) is 11.8 Å². The zero-order valence-corrected chi connectivity index (χ0v) is 14.0. The number of likely N-dealkylation sites (N-methyl/N-ethyl adjacent to an activating group) is 1. The Bertz CT molecular complexity index is 575. The van der Waals surface area contributed by atoms with Gasteiger partial charge in [0, 0.05) is 12.4 Å². The van der Waals surface area contributed by atoms with Crippen molar-refractivity contribution >= 4 is 11.9 Å². The highest BCUT2D eigenvalue weighted by atomic mass is 16.5. The molecule has 6 heteroatoms. The number of hydrogen-bond acceptors (Lipinski definition) is 5. The van der Waals surface area contributed by atoms with E-state index in [4.69, 9.17) is 4.74 Å². The van der Waals surface area contributed by atoms with E-state index in [0.29, 0.717) is 6.42 Å². The molecule has 0 saturated carbocycles. The SMILES string of the molecule is COC(=O)[C@@]1(CC(C)C)C[C@@H](C(=O)O)[C@@H](c2cccnc2)N1C. The summed E-state index contributed by atoms with van der Waals surface area (Å²) < 4.78 is 5.03. The number of pyridine rings is 1. The Kier molecular flexibility index (Phi) is 5.04. The second-order valence-electron chi connectivity index (χ2n) is 6.61. The van der Waals surface area contributed by atoms with Crippen molar-refractivity contribution in [3.8, 4) is 0 Å². The number of carbonyl (C=O) groups is 2. The van der Waals surface area contributed by atoms with Crippen LogP contribution < -0.4 is 0 Å². The Hall–Kier alpha value is -1.95. The molecule has 1 fully saturated rings. The number of esters is 1. The van der Waals surface area contributed by atoms with E-state index in [-0.39, 0.29) is 18.3 Å². The standard InChI is InChI=1S/C17H24N2O4/c1-11(2)8-17(16(22)23-4)9-13(15(20)21)14(19(17)3)12-6-5-7-18-10-12/h5-7,10-11,13-14H,8-9H2,1-4H3,(H,20,21)/t13-,14-,17-/m1/s1. The Morgan fingerprint density at radius 2 is 2.22 bits per heavy atom. The molecule has 0 spiro atoms. The van der Waals surface area contributed by atoms with Gasteiger partial charge in [-0.15, -0.1) is 0 Å². The van der Waals surface area contributed by atoms with Crippen LogP contribution in [0.3, 0.4) is 0 Å². The molecule has 1 N–H and O–H groups in total. The van der Waals surface area contributed by atoms with Gasteiger partial charge in [0.25, 0.3) is 0 Å². The Labute approximate surface area is 136 Å². The van der Waals surface area contributed by atoms with Gasteiger partial charge < -0.3 is 9.84 Å². The molecular weight excluding hydrogens is 296 g/mol. The van der Waals surface area contributed by atoms with Crippen LogP contribution >= 0.6 is 0 Å². The molecular formula is C17H24N2O4. The number of likely N-dealkylation sites (tertiary alicyclic amines) is 1. The number of carboxylic acids is 1. The maximum absolute atomic E-state index is 12.6. The number of nitrogens with zero attached hydrogens (tertiary/aromatic N) is 2. The predicted octanol–water partition coefficient (Wildman–Crippen LogP) is 2.12. The van der Waals surface area contributed by atoms with Crippen molar-refractivity contribution in [1.82, 2.24) is 9.88 Å². The summed E-state index contributed by atoms with van der Waals surface area (Å²) in [6, 6.07) is 3.23. The molecule has 0 unspecified atom stereocenters. The lowest BCUT2D eigenvalue weighted by atomic mass is 9.83. The highest BCUT2D eigenvalue weighted by Crippen LogP contribution is 2.48. The third-order valence-electron chi connectivity index (χ3n) is 4.69. The van der Waals surface area contributed by atoms with E-state index in [9.17, 15) is 14.7 Å². The molecule has 23 heavy (non-hydrogen) atoms. The quantitative estimate of drug-likeness (QED) is 0.837. The lowest BCUT2D eigenvalue weighted by molar-refractivity contribution is -0.154. The molecule has 1 aromatic rings.